The molecule has 0 aliphatic heterocycles. The predicted octanol–water partition coefficient (Wildman–Crippen LogP) is 3.16. The topological polar surface area (TPSA) is 12.0 Å². The van der Waals surface area contributed by atoms with Gasteiger partial charge in [0.2, 0.25) is 0 Å². The first-order valence-electron chi connectivity index (χ1n) is 5.43. The Labute approximate surface area is 94.6 Å². The highest BCUT2D eigenvalue weighted by Crippen LogP contribution is 2.20. The minimum Gasteiger partial charge on any atom is -0.314 e. The number of hydrogen-bond acceptors (Lipinski definition) is 1. The van der Waals surface area contributed by atoms with Crippen molar-refractivity contribution in [2.24, 2.45) is 0 Å². The van der Waals surface area contributed by atoms with Gasteiger partial charge in [-0.25, -0.2) is 4.39 Å². The third-order valence-electron chi connectivity index (χ3n) is 2.64. The maximum Gasteiger partial charge on any atom is 0.123 e. The quantitative estimate of drug-likeness (QED) is 0.762. The van der Waals surface area contributed by atoms with Gasteiger partial charge in [0.05, 0.1) is 0 Å². The highest BCUT2D eigenvalue weighted by molar-refractivity contribution is 6.31. The molecule has 0 bridgehead atoms. The molecule has 82 valence electrons. The van der Waals surface area contributed by atoms with Gasteiger partial charge in [0.15, 0.2) is 0 Å². The molecule has 1 nitrogen and oxygen atoms in total. The van der Waals surface area contributed by atoms with E-state index < -0.39 is 0 Å². The van der Waals surface area contributed by atoms with Crippen molar-refractivity contribution < 1.29 is 4.39 Å². The standard InChI is InChI=1S/C12H15ClFN/c13-12-6-3-10(14)8-9(12)2-1-7-15-11-4-5-11/h3,6,8,11,15H,1-2,4-5,7H2. The summed E-state index contributed by atoms with van der Waals surface area (Å²) in [7, 11) is 0. The van der Waals surface area contributed by atoms with Crippen LogP contribution >= 0.6 is 11.6 Å². The second kappa shape index (κ2) is 4.95. The van der Waals surface area contributed by atoms with E-state index in [0.29, 0.717) is 5.02 Å². The van der Waals surface area contributed by atoms with E-state index in [2.05, 4.69) is 5.32 Å². The SMILES string of the molecule is Fc1ccc(Cl)c(CCCNC2CC2)c1. The number of halogens is 2. The summed E-state index contributed by atoms with van der Waals surface area (Å²) in [6.07, 6.45) is 4.47. The minimum absolute atomic E-state index is 0.204. The molecule has 0 unspecified atom stereocenters. The molecule has 3 heteroatoms. The maximum atomic E-state index is 12.9. The van der Waals surface area contributed by atoms with Gasteiger partial charge in [0.1, 0.15) is 5.82 Å². The molecule has 0 amide bonds. The van der Waals surface area contributed by atoms with Crippen molar-refractivity contribution in [1.82, 2.24) is 5.32 Å². The Bertz CT molecular complexity index is 336. The summed E-state index contributed by atoms with van der Waals surface area (Å²) in [5.74, 6) is -0.204. The predicted molar refractivity (Wildman–Crippen MR) is 60.8 cm³/mol. The molecule has 15 heavy (non-hydrogen) atoms. The Morgan fingerprint density at radius 2 is 2.20 bits per heavy atom. The van der Waals surface area contributed by atoms with Crippen LogP contribution in [0.2, 0.25) is 5.02 Å². The van der Waals surface area contributed by atoms with Crippen LogP contribution in [0.4, 0.5) is 4.39 Å². The molecular formula is C12H15ClFN. The Balaban J connectivity index is 1.78. The molecule has 0 heterocycles. The molecule has 1 aliphatic carbocycles. The second-order valence-corrected chi connectivity index (χ2v) is 4.47. The summed E-state index contributed by atoms with van der Waals surface area (Å²) in [5, 5.41) is 4.09. The second-order valence-electron chi connectivity index (χ2n) is 4.07. The van der Waals surface area contributed by atoms with Crippen molar-refractivity contribution >= 4 is 11.6 Å². The largest absolute Gasteiger partial charge is 0.314 e. The Morgan fingerprint density at radius 3 is 2.93 bits per heavy atom. The van der Waals surface area contributed by atoms with E-state index in [4.69, 9.17) is 11.6 Å². The minimum atomic E-state index is -0.204. The van der Waals surface area contributed by atoms with Gasteiger partial charge in [0, 0.05) is 11.1 Å². The third-order valence-corrected chi connectivity index (χ3v) is 3.01. The van der Waals surface area contributed by atoms with E-state index in [1.807, 2.05) is 0 Å². The smallest absolute Gasteiger partial charge is 0.123 e. The molecule has 0 aromatic heterocycles. The average molecular weight is 228 g/mol. The zero-order chi connectivity index (χ0) is 10.7. The highest BCUT2D eigenvalue weighted by atomic mass is 35.5. The monoisotopic (exact) mass is 227 g/mol. The van der Waals surface area contributed by atoms with Crippen molar-refractivity contribution in [3.05, 3.63) is 34.6 Å². The number of aryl methyl sites for hydroxylation is 1. The molecule has 1 aliphatic rings. The molecule has 0 radical (unpaired) electrons. The normalized spacial score (nSPS) is 15.6. The Hall–Kier alpha value is -0.600. The van der Waals surface area contributed by atoms with Gasteiger partial charge in [-0.15, -0.1) is 0 Å². The van der Waals surface area contributed by atoms with Crippen LogP contribution in [0.3, 0.4) is 0 Å². The summed E-state index contributed by atoms with van der Waals surface area (Å²) in [6.45, 7) is 0.998. The number of nitrogens with one attached hydrogen (secondary N) is 1. The van der Waals surface area contributed by atoms with Crippen LogP contribution in [-0.2, 0) is 6.42 Å². The number of benzene rings is 1. The van der Waals surface area contributed by atoms with Crippen molar-refractivity contribution in [3.63, 3.8) is 0 Å². The highest BCUT2D eigenvalue weighted by Gasteiger charge is 2.19. The van der Waals surface area contributed by atoms with Gasteiger partial charge in [-0.3, -0.25) is 0 Å². The molecule has 1 N–H and O–H groups in total. The molecule has 1 fully saturated rings. The summed E-state index contributed by atoms with van der Waals surface area (Å²) in [5.41, 5.74) is 0.911. The lowest BCUT2D eigenvalue weighted by Crippen LogP contribution is -2.17. The van der Waals surface area contributed by atoms with E-state index >= 15 is 0 Å². The molecule has 1 saturated carbocycles. The van der Waals surface area contributed by atoms with Crippen molar-refractivity contribution in [2.75, 3.05) is 6.54 Å². The first-order chi connectivity index (χ1) is 7.25. The zero-order valence-corrected chi connectivity index (χ0v) is 9.36. The fraction of sp³-hybridized carbons (Fsp3) is 0.500. The summed E-state index contributed by atoms with van der Waals surface area (Å²) < 4.78 is 12.9. The Kier molecular flexibility index (Phi) is 3.60. The van der Waals surface area contributed by atoms with E-state index in [9.17, 15) is 4.39 Å². The first kappa shape index (κ1) is 10.9. The molecule has 1 aromatic carbocycles. The van der Waals surface area contributed by atoms with E-state index in [1.165, 1.54) is 25.0 Å². The van der Waals surface area contributed by atoms with Crippen LogP contribution in [0.5, 0.6) is 0 Å². The Morgan fingerprint density at radius 1 is 1.40 bits per heavy atom. The molecule has 0 saturated heterocycles. The van der Waals surface area contributed by atoms with Crippen LogP contribution < -0.4 is 5.32 Å². The van der Waals surface area contributed by atoms with Crippen molar-refractivity contribution in [1.29, 1.82) is 0 Å². The van der Waals surface area contributed by atoms with Crippen LogP contribution in [0.1, 0.15) is 24.8 Å². The molecular weight excluding hydrogens is 213 g/mol. The lowest BCUT2D eigenvalue weighted by atomic mass is 10.1. The van der Waals surface area contributed by atoms with Gasteiger partial charge < -0.3 is 5.32 Å². The van der Waals surface area contributed by atoms with E-state index in [-0.39, 0.29) is 5.82 Å². The van der Waals surface area contributed by atoms with Gasteiger partial charge >= 0.3 is 0 Å². The van der Waals surface area contributed by atoms with E-state index in [0.717, 1.165) is 31.0 Å². The summed E-state index contributed by atoms with van der Waals surface area (Å²) in [4.78, 5) is 0. The van der Waals surface area contributed by atoms with Crippen molar-refractivity contribution in [3.8, 4) is 0 Å². The zero-order valence-electron chi connectivity index (χ0n) is 8.60. The van der Waals surface area contributed by atoms with Gasteiger partial charge in [-0.1, -0.05) is 11.6 Å². The van der Waals surface area contributed by atoms with Crippen LogP contribution in [0.25, 0.3) is 0 Å². The maximum absolute atomic E-state index is 12.9. The van der Waals surface area contributed by atoms with Gasteiger partial charge in [-0.05, 0) is 56.0 Å². The molecule has 2 rings (SSSR count). The lowest BCUT2D eigenvalue weighted by molar-refractivity contribution is 0.619. The fourth-order valence-electron chi connectivity index (χ4n) is 1.61. The number of hydrogen-bond donors (Lipinski definition) is 1. The average Bonchev–Trinajstić information content (AvgIpc) is 3.01. The molecule has 0 atom stereocenters. The molecule has 0 spiro atoms. The number of rotatable bonds is 5. The van der Waals surface area contributed by atoms with Crippen LogP contribution in [0, 0.1) is 5.82 Å². The van der Waals surface area contributed by atoms with Crippen molar-refractivity contribution in [2.45, 2.75) is 31.7 Å². The first-order valence-corrected chi connectivity index (χ1v) is 5.81. The van der Waals surface area contributed by atoms with Gasteiger partial charge in [-0.2, -0.15) is 0 Å². The van der Waals surface area contributed by atoms with Gasteiger partial charge in [0.25, 0.3) is 0 Å². The van der Waals surface area contributed by atoms with E-state index in [1.54, 1.807) is 6.07 Å². The van der Waals surface area contributed by atoms with Crippen LogP contribution in [-0.4, -0.2) is 12.6 Å². The summed E-state index contributed by atoms with van der Waals surface area (Å²) >= 11 is 5.96. The summed E-state index contributed by atoms with van der Waals surface area (Å²) in [6, 6.07) is 5.29. The van der Waals surface area contributed by atoms with Crippen LogP contribution in [0.15, 0.2) is 18.2 Å². The molecule has 1 aromatic rings. The lowest BCUT2D eigenvalue weighted by Gasteiger charge is -2.05. The fourth-order valence-corrected chi connectivity index (χ4v) is 1.82. The third kappa shape index (κ3) is 3.47.